The Bertz CT molecular complexity index is 443. The van der Waals surface area contributed by atoms with Crippen LogP contribution in [-0.4, -0.2) is 14.5 Å². The lowest BCUT2D eigenvalue weighted by Crippen LogP contribution is -1.98. The molecule has 0 radical (unpaired) electrons. The van der Waals surface area contributed by atoms with Gasteiger partial charge in [-0.3, -0.25) is 0 Å². The molecular formula is C9H12N4S. The Hall–Kier alpha value is -1.36. The second-order valence-electron chi connectivity index (χ2n) is 3.21. The van der Waals surface area contributed by atoms with E-state index in [1.165, 1.54) is 17.0 Å². The maximum atomic E-state index is 5.56. The Balaban J connectivity index is 2.22. The van der Waals surface area contributed by atoms with Gasteiger partial charge in [-0.25, -0.2) is 9.97 Å². The van der Waals surface area contributed by atoms with Crippen LogP contribution in [0.4, 0.5) is 5.13 Å². The van der Waals surface area contributed by atoms with Crippen LogP contribution >= 0.6 is 11.3 Å². The fraction of sp³-hybridized carbons (Fsp3) is 0.333. The van der Waals surface area contributed by atoms with Gasteiger partial charge in [-0.2, -0.15) is 0 Å². The molecule has 74 valence electrons. The highest BCUT2D eigenvalue weighted by molar-refractivity contribution is 7.15. The highest BCUT2D eigenvalue weighted by Crippen LogP contribution is 2.16. The molecule has 4 nitrogen and oxygen atoms in total. The number of imidazole rings is 1. The molecule has 2 N–H and O–H groups in total. The average molecular weight is 208 g/mol. The molecule has 2 aromatic rings. The lowest BCUT2D eigenvalue weighted by atomic mass is 10.4. The lowest BCUT2D eigenvalue weighted by molar-refractivity contribution is 0.778. The lowest BCUT2D eigenvalue weighted by Gasteiger charge is -2.01. The van der Waals surface area contributed by atoms with Crippen molar-refractivity contribution in [3.05, 3.63) is 28.8 Å². The van der Waals surface area contributed by atoms with Gasteiger partial charge in [0.2, 0.25) is 0 Å². The van der Waals surface area contributed by atoms with Crippen LogP contribution in [0.3, 0.4) is 0 Å². The van der Waals surface area contributed by atoms with E-state index in [-0.39, 0.29) is 0 Å². The molecule has 2 rings (SSSR count). The van der Waals surface area contributed by atoms with Crippen molar-refractivity contribution in [3.8, 4) is 0 Å². The fourth-order valence-corrected chi connectivity index (χ4v) is 1.95. The minimum atomic E-state index is 0.620. The van der Waals surface area contributed by atoms with Gasteiger partial charge in [0, 0.05) is 16.8 Å². The van der Waals surface area contributed by atoms with Crippen LogP contribution in [-0.2, 0) is 6.54 Å². The van der Waals surface area contributed by atoms with E-state index in [0.29, 0.717) is 5.13 Å². The van der Waals surface area contributed by atoms with Crippen molar-refractivity contribution >= 4 is 16.5 Å². The third-order valence-corrected chi connectivity index (χ3v) is 3.05. The van der Waals surface area contributed by atoms with Crippen LogP contribution in [0.5, 0.6) is 0 Å². The second-order valence-corrected chi connectivity index (χ2v) is 4.35. The highest BCUT2D eigenvalue weighted by atomic mass is 32.1. The first-order valence-electron chi connectivity index (χ1n) is 4.35. The van der Waals surface area contributed by atoms with Crippen LogP contribution in [0.15, 0.2) is 12.5 Å². The summed E-state index contributed by atoms with van der Waals surface area (Å²) in [5, 5.41) is 0.620. The molecular weight excluding hydrogens is 196 g/mol. The minimum Gasteiger partial charge on any atom is -0.375 e. The summed E-state index contributed by atoms with van der Waals surface area (Å²) in [6.07, 6.45) is 3.66. The fourth-order valence-electron chi connectivity index (χ4n) is 1.27. The monoisotopic (exact) mass is 208 g/mol. The predicted octanol–water partition coefficient (Wildman–Crippen LogP) is 1.59. The van der Waals surface area contributed by atoms with Gasteiger partial charge in [-0.15, -0.1) is 11.3 Å². The Morgan fingerprint density at radius 3 is 2.71 bits per heavy atom. The molecule has 0 aliphatic carbocycles. The summed E-state index contributed by atoms with van der Waals surface area (Å²) in [6, 6.07) is 0. The molecule has 5 heteroatoms. The van der Waals surface area contributed by atoms with E-state index in [4.69, 9.17) is 5.73 Å². The summed E-state index contributed by atoms with van der Waals surface area (Å²) in [6.45, 7) is 4.88. The van der Waals surface area contributed by atoms with E-state index in [1.54, 1.807) is 0 Å². The molecule has 0 aromatic carbocycles. The van der Waals surface area contributed by atoms with Gasteiger partial charge in [0.15, 0.2) is 5.13 Å². The normalized spacial score (nSPS) is 10.7. The van der Waals surface area contributed by atoms with Gasteiger partial charge in [0.05, 0.1) is 18.6 Å². The molecule has 0 atom stereocenters. The molecule has 0 saturated carbocycles. The quantitative estimate of drug-likeness (QED) is 0.815. The number of hydrogen-bond acceptors (Lipinski definition) is 4. The van der Waals surface area contributed by atoms with Gasteiger partial charge < -0.3 is 10.3 Å². The molecule has 2 aromatic heterocycles. The number of nitrogens with two attached hydrogens (primary N) is 1. The van der Waals surface area contributed by atoms with Gasteiger partial charge in [0.25, 0.3) is 0 Å². The summed E-state index contributed by atoms with van der Waals surface area (Å²) >= 11 is 1.52. The van der Waals surface area contributed by atoms with E-state index in [1.807, 2.05) is 19.4 Å². The molecule has 0 bridgehead atoms. The first kappa shape index (κ1) is 9.21. The van der Waals surface area contributed by atoms with E-state index >= 15 is 0 Å². The number of anilines is 1. The summed E-state index contributed by atoms with van der Waals surface area (Å²) in [7, 11) is 0. The Morgan fingerprint density at radius 2 is 2.21 bits per heavy atom. The van der Waals surface area contributed by atoms with E-state index in [2.05, 4.69) is 21.5 Å². The van der Waals surface area contributed by atoms with E-state index in [0.717, 1.165) is 17.1 Å². The summed E-state index contributed by atoms with van der Waals surface area (Å²) < 4.78 is 2.10. The standard InChI is InChI=1S/C9H12N4S/c1-6-7(2)13(5-12-6)4-8-3-11-9(10)14-8/h3,5H,4H2,1-2H3,(H2,10,11). The van der Waals surface area contributed by atoms with Gasteiger partial charge in [-0.1, -0.05) is 0 Å². The number of aromatic nitrogens is 3. The first-order valence-corrected chi connectivity index (χ1v) is 5.17. The number of nitrogen functional groups attached to an aromatic ring is 1. The summed E-state index contributed by atoms with van der Waals surface area (Å²) in [5.74, 6) is 0. The molecule has 0 saturated heterocycles. The van der Waals surface area contributed by atoms with Crippen molar-refractivity contribution in [1.29, 1.82) is 0 Å². The Labute approximate surface area is 86.4 Å². The molecule has 0 spiro atoms. The number of rotatable bonds is 2. The van der Waals surface area contributed by atoms with Crippen LogP contribution < -0.4 is 5.73 Å². The highest BCUT2D eigenvalue weighted by Gasteiger charge is 2.04. The number of thiazole rings is 1. The zero-order valence-corrected chi connectivity index (χ0v) is 9.01. The maximum Gasteiger partial charge on any atom is 0.180 e. The van der Waals surface area contributed by atoms with Crippen molar-refractivity contribution in [2.24, 2.45) is 0 Å². The molecule has 14 heavy (non-hydrogen) atoms. The SMILES string of the molecule is Cc1ncn(Cc2cnc(N)s2)c1C. The van der Waals surface area contributed by atoms with Crippen molar-refractivity contribution in [3.63, 3.8) is 0 Å². The number of hydrogen-bond donors (Lipinski definition) is 1. The summed E-state index contributed by atoms with van der Waals surface area (Å²) in [5.41, 5.74) is 7.82. The van der Waals surface area contributed by atoms with Crippen LogP contribution in [0.1, 0.15) is 16.3 Å². The van der Waals surface area contributed by atoms with E-state index in [9.17, 15) is 0 Å². The molecule has 2 heterocycles. The van der Waals surface area contributed by atoms with Crippen LogP contribution in [0.25, 0.3) is 0 Å². The Morgan fingerprint density at radius 1 is 1.43 bits per heavy atom. The average Bonchev–Trinajstić information content (AvgIpc) is 2.67. The van der Waals surface area contributed by atoms with Gasteiger partial charge in [0.1, 0.15) is 0 Å². The molecule has 0 unspecified atom stereocenters. The Kier molecular flexibility index (Phi) is 2.25. The topological polar surface area (TPSA) is 56.7 Å². The number of aryl methyl sites for hydroxylation is 1. The zero-order chi connectivity index (χ0) is 10.1. The van der Waals surface area contributed by atoms with Gasteiger partial charge in [-0.05, 0) is 13.8 Å². The molecule has 0 aliphatic rings. The summed E-state index contributed by atoms with van der Waals surface area (Å²) in [4.78, 5) is 9.40. The second kappa shape index (κ2) is 3.42. The van der Waals surface area contributed by atoms with E-state index < -0.39 is 0 Å². The van der Waals surface area contributed by atoms with Crippen molar-refractivity contribution in [2.45, 2.75) is 20.4 Å². The molecule has 0 amide bonds. The van der Waals surface area contributed by atoms with Crippen molar-refractivity contribution in [2.75, 3.05) is 5.73 Å². The maximum absolute atomic E-state index is 5.56. The van der Waals surface area contributed by atoms with Crippen molar-refractivity contribution < 1.29 is 0 Å². The minimum absolute atomic E-state index is 0.620. The first-order chi connectivity index (χ1) is 6.66. The smallest absolute Gasteiger partial charge is 0.180 e. The van der Waals surface area contributed by atoms with Crippen LogP contribution in [0, 0.1) is 13.8 Å². The third kappa shape index (κ3) is 1.63. The molecule has 0 aliphatic heterocycles. The van der Waals surface area contributed by atoms with Gasteiger partial charge >= 0.3 is 0 Å². The van der Waals surface area contributed by atoms with Crippen LogP contribution in [0.2, 0.25) is 0 Å². The third-order valence-electron chi connectivity index (χ3n) is 2.24. The largest absolute Gasteiger partial charge is 0.375 e. The number of nitrogens with zero attached hydrogens (tertiary/aromatic N) is 3. The zero-order valence-electron chi connectivity index (χ0n) is 8.19. The van der Waals surface area contributed by atoms with Crippen molar-refractivity contribution in [1.82, 2.24) is 14.5 Å². The predicted molar refractivity (Wildman–Crippen MR) is 57.3 cm³/mol. The molecule has 0 fully saturated rings.